The van der Waals surface area contributed by atoms with Gasteiger partial charge in [0.05, 0.1) is 22.3 Å². The highest BCUT2D eigenvalue weighted by atomic mass is 79.9. The number of non-ortho nitro benzene ring substituents is 1. The molecule has 3 rings (SSSR count). The number of phenols is 1. The molecule has 0 aliphatic heterocycles. The summed E-state index contributed by atoms with van der Waals surface area (Å²) in [5.74, 6) is -1.36. The number of halogens is 1. The molecule has 0 aliphatic rings. The first-order valence-electron chi connectivity index (χ1n) is 8.72. The van der Waals surface area contributed by atoms with Gasteiger partial charge < -0.3 is 9.84 Å². The summed E-state index contributed by atoms with van der Waals surface area (Å²) >= 11 is 3.22. The number of nitro benzene ring substituents is 1. The minimum atomic E-state index is -0.753. The maximum absolute atomic E-state index is 12.3. The molecule has 0 unspecified atom stereocenters. The Hall–Kier alpha value is -4.05. The van der Waals surface area contributed by atoms with Crippen LogP contribution < -0.4 is 10.2 Å². The summed E-state index contributed by atoms with van der Waals surface area (Å²) in [5, 5.41) is 24.4. The average molecular weight is 484 g/mol. The van der Waals surface area contributed by atoms with Crippen LogP contribution in [0.1, 0.15) is 26.3 Å². The van der Waals surface area contributed by atoms with Crippen LogP contribution in [0, 0.1) is 10.1 Å². The second kappa shape index (κ2) is 9.63. The van der Waals surface area contributed by atoms with Gasteiger partial charge in [0.1, 0.15) is 11.5 Å². The smallest absolute Gasteiger partial charge is 0.343 e. The van der Waals surface area contributed by atoms with Gasteiger partial charge in [-0.15, -0.1) is 0 Å². The molecule has 0 spiro atoms. The van der Waals surface area contributed by atoms with Crippen molar-refractivity contribution >= 4 is 39.7 Å². The van der Waals surface area contributed by atoms with E-state index in [1.54, 1.807) is 18.2 Å². The number of amides is 1. The summed E-state index contributed by atoms with van der Waals surface area (Å²) in [6.07, 6.45) is 1.33. The molecule has 3 aromatic carbocycles. The number of rotatable bonds is 6. The molecule has 0 heterocycles. The molecule has 0 aromatic heterocycles. The fraction of sp³-hybridized carbons (Fsp3) is 0. The quantitative estimate of drug-likeness (QED) is 0.179. The van der Waals surface area contributed by atoms with E-state index in [1.807, 2.05) is 0 Å². The maximum Gasteiger partial charge on any atom is 0.343 e. The molecule has 0 aliphatic carbocycles. The van der Waals surface area contributed by atoms with Gasteiger partial charge in [0.2, 0.25) is 0 Å². The van der Waals surface area contributed by atoms with E-state index in [2.05, 4.69) is 26.5 Å². The largest absolute Gasteiger partial charge is 0.507 e. The molecule has 10 heteroatoms. The number of carbonyl (C=O) groups is 2. The highest BCUT2D eigenvalue weighted by Gasteiger charge is 2.14. The van der Waals surface area contributed by atoms with E-state index in [-0.39, 0.29) is 28.3 Å². The third-order valence-electron chi connectivity index (χ3n) is 3.94. The van der Waals surface area contributed by atoms with Crippen LogP contribution in [-0.2, 0) is 0 Å². The van der Waals surface area contributed by atoms with Crippen LogP contribution in [0.4, 0.5) is 5.69 Å². The Bertz CT molecular complexity index is 1200. The molecule has 3 aromatic rings. The Balaban J connectivity index is 1.67. The molecule has 1 amide bonds. The zero-order chi connectivity index (χ0) is 22.4. The Kier molecular flexibility index (Phi) is 6.73. The first-order valence-corrected chi connectivity index (χ1v) is 9.51. The Morgan fingerprint density at radius 1 is 1.10 bits per heavy atom. The van der Waals surface area contributed by atoms with Gasteiger partial charge >= 0.3 is 5.97 Å². The Labute approximate surface area is 184 Å². The van der Waals surface area contributed by atoms with Crippen molar-refractivity contribution in [1.29, 1.82) is 0 Å². The Morgan fingerprint density at radius 2 is 1.87 bits per heavy atom. The average Bonchev–Trinajstić information content (AvgIpc) is 2.75. The highest BCUT2D eigenvalue weighted by Crippen LogP contribution is 2.21. The van der Waals surface area contributed by atoms with Gasteiger partial charge in [-0.05, 0) is 42.0 Å². The second-order valence-corrected chi connectivity index (χ2v) is 7.05. The van der Waals surface area contributed by atoms with Crippen LogP contribution in [0.25, 0.3) is 0 Å². The topological polar surface area (TPSA) is 131 Å². The molecule has 156 valence electrons. The van der Waals surface area contributed by atoms with Crippen molar-refractivity contribution in [2.24, 2.45) is 5.10 Å². The van der Waals surface area contributed by atoms with Gasteiger partial charge in [-0.2, -0.15) is 5.10 Å². The molecular weight excluding hydrogens is 470 g/mol. The van der Waals surface area contributed by atoms with E-state index in [0.29, 0.717) is 10.0 Å². The van der Waals surface area contributed by atoms with Crippen molar-refractivity contribution in [3.05, 3.63) is 98.0 Å². The number of hydrogen-bond donors (Lipinski definition) is 2. The van der Waals surface area contributed by atoms with Gasteiger partial charge in [-0.1, -0.05) is 34.1 Å². The van der Waals surface area contributed by atoms with Gasteiger partial charge in [-0.25, -0.2) is 10.2 Å². The van der Waals surface area contributed by atoms with Crippen molar-refractivity contribution in [1.82, 2.24) is 5.43 Å². The fourth-order valence-corrected chi connectivity index (χ4v) is 2.85. The van der Waals surface area contributed by atoms with Crippen molar-refractivity contribution < 1.29 is 24.4 Å². The first-order chi connectivity index (χ1) is 14.8. The number of phenolic OH excluding ortho intramolecular Hbond substituents is 1. The molecule has 9 nitrogen and oxygen atoms in total. The minimum Gasteiger partial charge on any atom is -0.507 e. The molecule has 2 N–H and O–H groups in total. The number of nitro groups is 1. The van der Waals surface area contributed by atoms with Crippen molar-refractivity contribution in [2.45, 2.75) is 0 Å². The van der Waals surface area contributed by atoms with Crippen LogP contribution in [0.2, 0.25) is 0 Å². The van der Waals surface area contributed by atoms with E-state index >= 15 is 0 Å². The summed E-state index contributed by atoms with van der Waals surface area (Å²) in [4.78, 5) is 34.6. The molecule has 0 bridgehead atoms. The predicted molar refractivity (Wildman–Crippen MR) is 115 cm³/mol. The lowest BCUT2D eigenvalue weighted by Gasteiger charge is -2.05. The van der Waals surface area contributed by atoms with Crippen LogP contribution in [0.5, 0.6) is 11.5 Å². The van der Waals surface area contributed by atoms with E-state index in [4.69, 9.17) is 4.74 Å². The van der Waals surface area contributed by atoms with Gasteiger partial charge in [0.25, 0.3) is 11.6 Å². The molecule has 0 saturated heterocycles. The van der Waals surface area contributed by atoms with E-state index < -0.39 is 16.8 Å². The first kappa shape index (κ1) is 21.7. The SMILES string of the molecule is O=C(Oc1cccc(C=NNC(=O)c2cc(Br)ccc2O)c1)c1cccc([N+](=O)[O-])c1. The lowest BCUT2D eigenvalue weighted by Crippen LogP contribution is -2.17. The highest BCUT2D eigenvalue weighted by molar-refractivity contribution is 9.10. The number of nitrogens with zero attached hydrogens (tertiary/aromatic N) is 2. The zero-order valence-corrected chi connectivity index (χ0v) is 17.3. The Morgan fingerprint density at radius 3 is 2.65 bits per heavy atom. The van der Waals surface area contributed by atoms with Crippen molar-refractivity contribution in [2.75, 3.05) is 0 Å². The number of carbonyl (C=O) groups excluding carboxylic acids is 2. The van der Waals surface area contributed by atoms with E-state index in [0.717, 1.165) is 6.07 Å². The number of esters is 1. The zero-order valence-electron chi connectivity index (χ0n) is 15.7. The number of hydrazone groups is 1. The minimum absolute atomic E-state index is 0.0364. The summed E-state index contributed by atoms with van der Waals surface area (Å²) in [6, 6.07) is 15.9. The molecule has 0 radical (unpaired) electrons. The predicted octanol–water partition coefficient (Wildman–Crippen LogP) is 4.05. The maximum atomic E-state index is 12.3. The monoisotopic (exact) mass is 483 g/mol. The van der Waals surface area contributed by atoms with Gasteiger partial charge in [0.15, 0.2) is 0 Å². The van der Waals surface area contributed by atoms with Gasteiger partial charge in [0, 0.05) is 16.6 Å². The normalized spacial score (nSPS) is 10.6. The number of aromatic hydroxyl groups is 1. The summed E-state index contributed by atoms with van der Waals surface area (Å²) in [5.41, 5.74) is 2.68. The lowest BCUT2D eigenvalue weighted by molar-refractivity contribution is -0.384. The molecule has 0 saturated carbocycles. The van der Waals surface area contributed by atoms with E-state index in [9.17, 15) is 24.8 Å². The summed E-state index contributed by atoms with van der Waals surface area (Å²) in [7, 11) is 0. The van der Waals surface area contributed by atoms with Crippen molar-refractivity contribution in [3.63, 3.8) is 0 Å². The number of ether oxygens (including phenoxy) is 1. The molecule has 0 atom stereocenters. The fourth-order valence-electron chi connectivity index (χ4n) is 2.49. The number of benzene rings is 3. The second-order valence-electron chi connectivity index (χ2n) is 6.13. The van der Waals surface area contributed by atoms with Crippen LogP contribution in [-0.4, -0.2) is 28.1 Å². The third-order valence-corrected chi connectivity index (χ3v) is 4.44. The van der Waals surface area contributed by atoms with Crippen molar-refractivity contribution in [3.8, 4) is 11.5 Å². The van der Waals surface area contributed by atoms with Crippen LogP contribution in [0.15, 0.2) is 76.3 Å². The standard InChI is InChI=1S/C21H14BrN3O6/c22-15-7-8-19(26)18(11-15)20(27)24-23-12-13-3-1-6-17(9-13)31-21(28)14-4-2-5-16(10-14)25(29)30/h1-12,26H,(H,24,27). The summed E-state index contributed by atoms with van der Waals surface area (Å²) in [6.45, 7) is 0. The molecule has 0 fully saturated rings. The summed E-state index contributed by atoms with van der Waals surface area (Å²) < 4.78 is 5.88. The third kappa shape index (κ3) is 5.73. The molecule has 31 heavy (non-hydrogen) atoms. The van der Waals surface area contributed by atoms with Gasteiger partial charge in [-0.3, -0.25) is 14.9 Å². The van der Waals surface area contributed by atoms with Crippen LogP contribution in [0.3, 0.4) is 0 Å². The number of nitrogens with one attached hydrogen (secondary N) is 1. The number of hydrogen-bond acceptors (Lipinski definition) is 7. The van der Waals surface area contributed by atoms with Crippen LogP contribution >= 0.6 is 15.9 Å². The van der Waals surface area contributed by atoms with E-state index in [1.165, 1.54) is 48.7 Å². The lowest BCUT2D eigenvalue weighted by atomic mass is 10.2. The molecular formula is C21H14BrN3O6.